The van der Waals surface area contributed by atoms with Crippen molar-refractivity contribution >= 4 is 5.84 Å². The standard InChI is InChI=1S/C20H24N2O2/c1-2-23-17-10-6-7-11-18(17)24-19(20-21-14-15-22-20)13-12-16-8-4-3-5-9-16/h3-11,19H,2,12-15H2,1H3,(H,21,22). The Morgan fingerprint density at radius 2 is 1.79 bits per heavy atom. The molecule has 3 rings (SSSR count). The number of hydrogen-bond donors (Lipinski definition) is 1. The van der Waals surface area contributed by atoms with E-state index in [1.165, 1.54) is 5.56 Å². The molecule has 0 aliphatic carbocycles. The number of para-hydroxylation sites is 2. The lowest BCUT2D eigenvalue weighted by Gasteiger charge is -2.21. The Bertz CT molecular complexity index is 670. The Labute approximate surface area is 143 Å². The van der Waals surface area contributed by atoms with Crippen LogP contribution in [0.1, 0.15) is 18.9 Å². The zero-order chi connectivity index (χ0) is 16.6. The molecule has 0 spiro atoms. The Morgan fingerprint density at radius 1 is 1.04 bits per heavy atom. The Kier molecular flexibility index (Phi) is 5.72. The number of nitrogens with zero attached hydrogens (tertiary/aromatic N) is 1. The third kappa shape index (κ3) is 4.28. The summed E-state index contributed by atoms with van der Waals surface area (Å²) < 4.78 is 12.0. The summed E-state index contributed by atoms with van der Waals surface area (Å²) in [6, 6.07) is 18.3. The highest BCUT2D eigenvalue weighted by Crippen LogP contribution is 2.28. The maximum Gasteiger partial charge on any atom is 0.162 e. The minimum absolute atomic E-state index is 0.0886. The number of aliphatic imine (C=N–C) groups is 1. The van der Waals surface area contributed by atoms with Crippen molar-refractivity contribution in [1.82, 2.24) is 5.32 Å². The summed E-state index contributed by atoms with van der Waals surface area (Å²) in [5.41, 5.74) is 1.31. The number of ether oxygens (including phenoxy) is 2. The molecule has 4 heteroatoms. The molecule has 0 saturated carbocycles. The van der Waals surface area contributed by atoms with Gasteiger partial charge in [-0.25, -0.2) is 0 Å². The molecule has 0 aromatic heterocycles. The summed E-state index contributed by atoms with van der Waals surface area (Å²) in [6.45, 7) is 4.29. The van der Waals surface area contributed by atoms with Crippen molar-refractivity contribution in [2.75, 3.05) is 19.7 Å². The van der Waals surface area contributed by atoms with Crippen molar-refractivity contribution < 1.29 is 9.47 Å². The monoisotopic (exact) mass is 324 g/mol. The third-order valence-electron chi connectivity index (χ3n) is 3.96. The van der Waals surface area contributed by atoms with Crippen LogP contribution >= 0.6 is 0 Å². The quantitative estimate of drug-likeness (QED) is 0.808. The van der Waals surface area contributed by atoms with Gasteiger partial charge < -0.3 is 14.8 Å². The number of rotatable bonds is 8. The van der Waals surface area contributed by atoms with Crippen LogP contribution in [-0.4, -0.2) is 31.6 Å². The SMILES string of the molecule is CCOc1ccccc1OC(CCc1ccccc1)C1=NCCN1. The molecule has 0 bridgehead atoms. The van der Waals surface area contributed by atoms with Crippen LogP contribution in [0, 0.1) is 0 Å². The van der Waals surface area contributed by atoms with Gasteiger partial charge in [0.1, 0.15) is 5.84 Å². The Hall–Kier alpha value is -2.49. The lowest BCUT2D eigenvalue weighted by atomic mass is 10.1. The lowest BCUT2D eigenvalue weighted by Crippen LogP contribution is -2.36. The highest BCUT2D eigenvalue weighted by atomic mass is 16.5. The number of aryl methyl sites for hydroxylation is 1. The number of benzene rings is 2. The van der Waals surface area contributed by atoms with Gasteiger partial charge in [0.2, 0.25) is 0 Å². The first-order valence-corrected chi connectivity index (χ1v) is 8.57. The van der Waals surface area contributed by atoms with Gasteiger partial charge in [-0.15, -0.1) is 0 Å². The fraction of sp³-hybridized carbons (Fsp3) is 0.350. The van der Waals surface area contributed by atoms with Crippen molar-refractivity contribution in [3.63, 3.8) is 0 Å². The Morgan fingerprint density at radius 3 is 2.50 bits per heavy atom. The molecule has 126 valence electrons. The second kappa shape index (κ2) is 8.39. The van der Waals surface area contributed by atoms with Crippen molar-refractivity contribution in [3.8, 4) is 11.5 Å². The molecule has 1 unspecified atom stereocenters. The van der Waals surface area contributed by atoms with Crippen molar-refractivity contribution in [2.45, 2.75) is 25.9 Å². The van der Waals surface area contributed by atoms with E-state index in [9.17, 15) is 0 Å². The summed E-state index contributed by atoms with van der Waals surface area (Å²) in [6.07, 6.45) is 1.73. The van der Waals surface area contributed by atoms with Gasteiger partial charge in [0, 0.05) is 6.54 Å². The fourth-order valence-corrected chi connectivity index (χ4v) is 2.80. The maximum atomic E-state index is 6.29. The Balaban J connectivity index is 1.73. The van der Waals surface area contributed by atoms with Gasteiger partial charge in [-0.1, -0.05) is 42.5 Å². The molecule has 4 nitrogen and oxygen atoms in total. The predicted molar refractivity (Wildman–Crippen MR) is 97.1 cm³/mol. The van der Waals surface area contributed by atoms with Crippen molar-refractivity contribution in [2.24, 2.45) is 4.99 Å². The number of amidine groups is 1. The first-order valence-electron chi connectivity index (χ1n) is 8.57. The van der Waals surface area contributed by atoms with E-state index in [2.05, 4.69) is 34.6 Å². The molecule has 1 aliphatic rings. The lowest BCUT2D eigenvalue weighted by molar-refractivity contribution is 0.233. The van der Waals surface area contributed by atoms with Crippen LogP contribution in [0.15, 0.2) is 59.6 Å². The van der Waals surface area contributed by atoms with E-state index < -0.39 is 0 Å². The van der Waals surface area contributed by atoms with E-state index >= 15 is 0 Å². The van der Waals surface area contributed by atoms with Gasteiger partial charge in [0.05, 0.1) is 13.2 Å². The molecule has 1 N–H and O–H groups in total. The minimum atomic E-state index is -0.0886. The van der Waals surface area contributed by atoms with Gasteiger partial charge in [-0.3, -0.25) is 4.99 Å². The summed E-state index contributed by atoms with van der Waals surface area (Å²) >= 11 is 0. The van der Waals surface area contributed by atoms with Crippen LogP contribution in [0.25, 0.3) is 0 Å². The molecular formula is C20H24N2O2. The first kappa shape index (κ1) is 16.4. The minimum Gasteiger partial charge on any atom is -0.490 e. The van der Waals surface area contributed by atoms with Crippen LogP contribution in [0.2, 0.25) is 0 Å². The van der Waals surface area contributed by atoms with Gasteiger partial charge >= 0.3 is 0 Å². The zero-order valence-electron chi connectivity index (χ0n) is 14.1. The molecule has 2 aromatic rings. The van der Waals surface area contributed by atoms with E-state index in [0.29, 0.717) is 6.61 Å². The summed E-state index contributed by atoms with van der Waals surface area (Å²) in [5, 5.41) is 3.35. The summed E-state index contributed by atoms with van der Waals surface area (Å²) in [7, 11) is 0. The van der Waals surface area contributed by atoms with E-state index in [1.807, 2.05) is 37.3 Å². The maximum absolute atomic E-state index is 6.29. The molecule has 1 heterocycles. The van der Waals surface area contributed by atoms with E-state index in [0.717, 1.165) is 43.3 Å². The highest BCUT2D eigenvalue weighted by molar-refractivity contribution is 5.88. The molecule has 0 radical (unpaired) electrons. The normalized spacial score (nSPS) is 14.6. The molecule has 0 saturated heterocycles. The zero-order valence-corrected chi connectivity index (χ0v) is 14.1. The molecule has 0 amide bonds. The van der Waals surface area contributed by atoms with Crippen LogP contribution in [-0.2, 0) is 6.42 Å². The molecule has 1 aliphatic heterocycles. The fourth-order valence-electron chi connectivity index (χ4n) is 2.80. The highest BCUT2D eigenvalue weighted by Gasteiger charge is 2.22. The smallest absolute Gasteiger partial charge is 0.162 e. The topological polar surface area (TPSA) is 42.9 Å². The average molecular weight is 324 g/mol. The molecule has 2 aromatic carbocycles. The summed E-state index contributed by atoms with van der Waals surface area (Å²) in [4.78, 5) is 4.56. The van der Waals surface area contributed by atoms with Gasteiger partial charge in [0.25, 0.3) is 0 Å². The second-order valence-electron chi connectivity index (χ2n) is 5.70. The number of nitrogens with one attached hydrogen (secondary N) is 1. The van der Waals surface area contributed by atoms with Crippen LogP contribution in [0.4, 0.5) is 0 Å². The summed E-state index contributed by atoms with van der Waals surface area (Å²) in [5.74, 6) is 2.49. The van der Waals surface area contributed by atoms with Crippen LogP contribution in [0.5, 0.6) is 11.5 Å². The van der Waals surface area contributed by atoms with Crippen LogP contribution in [0.3, 0.4) is 0 Å². The predicted octanol–water partition coefficient (Wildman–Crippen LogP) is 3.47. The van der Waals surface area contributed by atoms with Gasteiger partial charge in [-0.2, -0.15) is 0 Å². The van der Waals surface area contributed by atoms with Crippen LogP contribution < -0.4 is 14.8 Å². The average Bonchev–Trinajstić information content (AvgIpc) is 3.15. The van der Waals surface area contributed by atoms with Gasteiger partial charge in [-0.05, 0) is 37.5 Å². The molecule has 0 fully saturated rings. The molecular weight excluding hydrogens is 300 g/mol. The van der Waals surface area contributed by atoms with Crippen molar-refractivity contribution in [1.29, 1.82) is 0 Å². The molecule has 1 atom stereocenters. The number of hydrogen-bond acceptors (Lipinski definition) is 4. The van der Waals surface area contributed by atoms with Crippen molar-refractivity contribution in [3.05, 3.63) is 60.2 Å². The van der Waals surface area contributed by atoms with E-state index in [-0.39, 0.29) is 6.10 Å². The van der Waals surface area contributed by atoms with E-state index in [1.54, 1.807) is 0 Å². The molecule has 24 heavy (non-hydrogen) atoms. The van der Waals surface area contributed by atoms with Gasteiger partial charge in [0.15, 0.2) is 17.6 Å². The first-order chi connectivity index (χ1) is 11.9. The van der Waals surface area contributed by atoms with E-state index in [4.69, 9.17) is 9.47 Å². The third-order valence-corrected chi connectivity index (χ3v) is 3.96. The largest absolute Gasteiger partial charge is 0.490 e. The second-order valence-corrected chi connectivity index (χ2v) is 5.70.